The molecule has 1 atom stereocenters. The fourth-order valence-electron chi connectivity index (χ4n) is 7.81. The van der Waals surface area contributed by atoms with Crippen molar-refractivity contribution < 1.29 is 28.6 Å². The number of carbonyl (C=O) groups excluding carboxylic acids is 3. The summed E-state index contributed by atoms with van der Waals surface area (Å²) in [6.07, 6.45) is 69.3. The van der Waals surface area contributed by atoms with Gasteiger partial charge in [-0.05, 0) is 70.6 Å². The Labute approximate surface area is 408 Å². The average Bonchev–Trinajstić information content (AvgIpc) is 3.31. The molecule has 0 spiro atoms. The zero-order valence-electron chi connectivity index (χ0n) is 43.4. The maximum atomic E-state index is 12.7. The van der Waals surface area contributed by atoms with Crippen LogP contribution in [0.2, 0.25) is 0 Å². The van der Waals surface area contributed by atoms with Crippen molar-refractivity contribution >= 4 is 17.9 Å². The maximum Gasteiger partial charge on any atom is 0.310 e. The molecule has 0 aromatic rings. The zero-order valence-corrected chi connectivity index (χ0v) is 43.4. The molecular weight excluding hydrogens is 817 g/mol. The van der Waals surface area contributed by atoms with E-state index in [-0.39, 0.29) is 31.6 Å². The van der Waals surface area contributed by atoms with Crippen LogP contribution in [0.3, 0.4) is 0 Å². The average molecular weight is 921 g/mol. The number of hydrogen-bond acceptors (Lipinski definition) is 6. The molecule has 0 saturated heterocycles. The van der Waals surface area contributed by atoms with E-state index < -0.39 is 12.1 Å². The second kappa shape index (κ2) is 54.5. The number of unbranched alkanes of at least 4 members (excludes halogenated alkanes) is 28. The van der Waals surface area contributed by atoms with Gasteiger partial charge in [0.2, 0.25) is 0 Å². The SMILES string of the molecule is CC/C=C\C/C=C\C/C=C\C/C=C\C/C=C\CC(=O)OC(COC(=O)CCCCCCCCCCCC)COC(=O)CCCCCCCCCCCCC/C=C\CCCCCCCCCC. The molecule has 0 amide bonds. The molecular formula is C60H104O6. The molecule has 0 rings (SSSR count). The minimum atomic E-state index is -0.827. The van der Waals surface area contributed by atoms with Gasteiger partial charge in [0.1, 0.15) is 13.2 Å². The first-order valence-electron chi connectivity index (χ1n) is 27.9. The van der Waals surface area contributed by atoms with Crippen molar-refractivity contribution in [1.29, 1.82) is 0 Å². The molecule has 0 saturated carbocycles. The first kappa shape index (κ1) is 62.8. The van der Waals surface area contributed by atoms with Gasteiger partial charge in [0.25, 0.3) is 0 Å². The van der Waals surface area contributed by atoms with E-state index in [1.807, 2.05) is 6.08 Å². The van der Waals surface area contributed by atoms with Crippen molar-refractivity contribution in [2.24, 2.45) is 0 Å². The van der Waals surface area contributed by atoms with Crippen LogP contribution in [-0.2, 0) is 28.6 Å². The maximum absolute atomic E-state index is 12.7. The van der Waals surface area contributed by atoms with Crippen LogP contribution in [0.1, 0.15) is 271 Å². The third-order valence-electron chi connectivity index (χ3n) is 12.0. The van der Waals surface area contributed by atoms with E-state index in [2.05, 4.69) is 81.5 Å². The van der Waals surface area contributed by atoms with Crippen molar-refractivity contribution in [2.75, 3.05) is 13.2 Å². The van der Waals surface area contributed by atoms with Crippen LogP contribution in [0.5, 0.6) is 0 Å². The fourth-order valence-corrected chi connectivity index (χ4v) is 7.81. The van der Waals surface area contributed by atoms with Crippen molar-refractivity contribution in [1.82, 2.24) is 0 Å². The van der Waals surface area contributed by atoms with Crippen molar-refractivity contribution in [3.63, 3.8) is 0 Å². The lowest BCUT2D eigenvalue weighted by Gasteiger charge is -2.18. The summed E-state index contributed by atoms with van der Waals surface area (Å²) in [5, 5.41) is 0. The van der Waals surface area contributed by atoms with Gasteiger partial charge in [0.15, 0.2) is 6.10 Å². The van der Waals surface area contributed by atoms with Crippen molar-refractivity contribution in [3.05, 3.63) is 72.9 Å². The Kier molecular flexibility index (Phi) is 51.9. The van der Waals surface area contributed by atoms with Crippen LogP contribution < -0.4 is 0 Å². The Morgan fingerprint density at radius 1 is 0.333 bits per heavy atom. The molecule has 66 heavy (non-hydrogen) atoms. The molecule has 0 radical (unpaired) electrons. The smallest absolute Gasteiger partial charge is 0.310 e. The molecule has 6 heteroatoms. The van der Waals surface area contributed by atoms with E-state index in [0.717, 1.165) is 70.6 Å². The molecule has 0 aliphatic carbocycles. The summed E-state index contributed by atoms with van der Waals surface area (Å²) in [5.74, 6) is -1.04. The highest BCUT2D eigenvalue weighted by atomic mass is 16.6. The highest BCUT2D eigenvalue weighted by molar-refractivity contribution is 5.72. The Hall–Kier alpha value is -3.15. The molecule has 1 unspecified atom stereocenters. The van der Waals surface area contributed by atoms with Gasteiger partial charge in [-0.3, -0.25) is 14.4 Å². The Morgan fingerprint density at radius 2 is 0.636 bits per heavy atom. The van der Waals surface area contributed by atoms with Gasteiger partial charge in [-0.1, -0.05) is 254 Å². The molecule has 6 nitrogen and oxygen atoms in total. The number of rotatable bonds is 50. The summed E-state index contributed by atoms with van der Waals surface area (Å²) in [6.45, 7) is 6.44. The van der Waals surface area contributed by atoms with Crippen molar-refractivity contribution in [3.8, 4) is 0 Å². The Morgan fingerprint density at radius 3 is 0.985 bits per heavy atom. The van der Waals surface area contributed by atoms with Crippen LogP contribution >= 0.6 is 0 Å². The van der Waals surface area contributed by atoms with E-state index in [1.165, 1.54) is 161 Å². The van der Waals surface area contributed by atoms with E-state index in [9.17, 15) is 14.4 Å². The van der Waals surface area contributed by atoms with Crippen LogP contribution in [0, 0.1) is 0 Å². The molecule has 0 bridgehead atoms. The monoisotopic (exact) mass is 921 g/mol. The standard InChI is InChI=1S/C60H104O6/c1-4-7-10-13-16-19-22-24-26-27-28-29-30-31-32-33-35-36-38-41-44-47-50-53-59(62)65-56-57(55-64-58(61)52-49-46-43-40-21-18-15-12-9-6-3)66-60(63)54-51-48-45-42-39-37-34-25-23-20-17-14-11-8-5-2/h8,11,17,20,25,27-28,34,39,42,48,51,57H,4-7,9-10,12-16,18-19,21-24,26,29-33,35-38,40-41,43-47,49-50,52-56H2,1-3H3/b11-8-,20-17-,28-27-,34-25-,42-39-,51-48-. The van der Waals surface area contributed by atoms with E-state index in [4.69, 9.17) is 14.2 Å². The summed E-state index contributed by atoms with van der Waals surface area (Å²) < 4.78 is 16.7. The predicted molar refractivity (Wildman–Crippen MR) is 284 cm³/mol. The number of carbonyl (C=O) groups is 3. The third-order valence-corrected chi connectivity index (χ3v) is 12.0. The first-order chi connectivity index (χ1) is 32.5. The van der Waals surface area contributed by atoms with Crippen LogP contribution in [0.4, 0.5) is 0 Å². The number of ether oxygens (including phenoxy) is 3. The van der Waals surface area contributed by atoms with E-state index >= 15 is 0 Å². The lowest BCUT2D eigenvalue weighted by atomic mass is 10.0. The van der Waals surface area contributed by atoms with Gasteiger partial charge < -0.3 is 14.2 Å². The van der Waals surface area contributed by atoms with Gasteiger partial charge in [-0.2, -0.15) is 0 Å². The first-order valence-corrected chi connectivity index (χ1v) is 27.9. The van der Waals surface area contributed by atoms with Gasteiger partial charge in [-0.25, -0.2) is 0 Å². The number of hydrogen-bond donors (Lipinski definition) is 0. The molecule has 0 aromatic carbocycles. The van der Waals surface area contributed by atoms with Gasteiger partial charge >= 0.3 is 17.9 Å². The lowest BCUT2D eigenvalue weighted by Crippen LogP contribution is -2.30. The predicted octanol–water partition coefficient (Wildman–Crippen LogP) is 18.6. The highest BCUT2D eigenvalue weighted by Crippen LogP contribution is 2.15. The van der Waals surface area contributed by atoms with Crippen molar-refractivity contribution in [2.45, 2.75) is 277 Å². The van der Waals surface area contributed by atoms with Gasteiger partial charge in [0, 0.05) is 12.8 Å². The second-order valence-electron chi connectivity index (χ2n) is 18.5. The number of allylic oxidation sites excluding steroid dienone is 11. The molecule has 0 heterocycles. The Balaban J connectivity index is 4.33. The second-order valence-corrected chi connectivity index (χ2v) is 18.5. The largest absolute Gasteiger partial charge is 0.462 e. The fraction of sp³-hybridized carbons (Fsp3) is 0.750. The van der Waals surface area contributed by atoms with Gasteiger partial charge in [0.05, 0.1) is 6.42 Å². The molecule has 0 aliphatic heterocycles. The summed E-state index contributed by atoms with van der Waals surface area (Å²) in [4.78, 5) is 37.9. The summed E-state index contributed by atoms with van der Waals surface area (Å²) in [7, 11) is 0. The highest BCUT2D eigenvalue weighted by Gasteiger charge is 2.19. The van der Waals surface area contributed by atoms with E-state index in [1.54, 1.807) is 6.08 Å². The summed E-state index contributed by atoms with van der Waals surface area (Å²) in [5.41, 5.74) is 0. The zero-order chi connectivity index (χ0) is 47.9. The minimum absolute atomic E-state index is 0.0991. The number of esters is 3. The van der Waals surface area contributed by atoms with Crippen LogP contribution in [0.25, 0.3) is 0 Å². The Bertz CT molecular complexity index is 1240. The van der Waals surface area contributed by atoms with Crippen LogP contribution in [0.15, 0.2) is 72.9 Å². The van der Waals surface area contributed by atoms with E-state index in [0.29, 0.717) is 12.8 Å². The third kappa shape index (κ3) is 51.8. The normalized spacial score (nSPS) is 12.6. The molecule has 380 valence electrons. The van der Waals surface area contributed by atoms with Crippen LogP contribution in [-0.4, -0.2) is 37.2 Å². The molecule has 0 N–H and O–H groups in total. The topological polar surface area (TPSA) is 78.9 Å². The van der Waals surface area contributed by atoms with Gasteiger partial charge in [-0.15, -0.1) is 0 Å². The lowest BCUT2D eigenvalue weighted by molar-refractivity contribution is -0.166. The quantitative estimate of drug-likeness (QED) is 0.0262. The molecule has 0 aromatic heterocycles. The summed E-state index contributed by atoms with van der Waals surface area (Å²) in [6, 6.07) is 0. The molecule has 0 aliphatic rings. The minimum Gasteiger partial charge on any atom is -0.462 e. The molecule has 0 fully saturated rings. The summed E-state index contributed by atoms with van der Waals surface area (Å²) >= 11 is 0.